The van der Waals surface area contributed by atoms with Crippen LogP contribution in [0.5, 0.6) is 5.75 Å². The van der Waals surface area contributed by atoms with Crippen LogP contribution in [0, 0.1) is 6.92 Å². The van der Waals surface area contributed by atoms with E-state index in [-0.39, 0.29) is 18.1 Å². The number of hydrogen-bond acceptors (Lipinski definition) is 3. The molecular formula is C19H16F3NO3. The molecule has 2 aromatic carbocycles. The highest BCUT2D eigenvalue weighted by Crippen LogP contribution is 2.24. The highest BCUT2D eigenvalue weighted by atomic mass is 19.4. The summed E-state index contributed by atoms with van der Waals surface area (Å²) in [6.07, 6.45) is -2.80. The Morgan fingerprint density at radius 2 is 2.00 bits per heavy atom. The number of hydrogen-bond donors (Lipinski definition) is 1. The molecule has 1 amide bonds. The standard InChI is InChI=1S/C19H16F3NO3/c1-12-5-6-16-13(10-25-17(16)7-12)8-18(24)23-14-3-2-4-15(9-14)26-11-19(20,21)22/h2-7,9-10H,8,11H2,1H3,(H,23,24). The van der Waals surface area contributed by atoms with Gasteiger partial charge < -0.3 is 14.5 Å². The Kier molecular flexibility index (Phi) is 4.88. The molecule has 0 aliphatic heterocycles. The van der Waals surface area contributed by atoms with Crippen LogP contribution in [-0.2, 0) is 11.2 Å². The Morgan fingerprint density at radius 1 is 1.19 bits per heavy atom. The van der Waals surface area contributed by atoms with Crippen molar-refractivity contribution < 1.29 is 27.1 Å². The van der Waals surface area contributed by atoms with E-state index < -0.39 is 12.8 Å². The maximum absolute atomic E-state index is 12.2. The van der Waals surface area contributed by atoms with Crippen LogP contribution in [0.4, 0.5) is 18.9 Å². The van der Waals surface area contributed by atoms with Gasteiger partial charge in [0, 0.05) is 22.7 Å². The van der Waals surface area contributed by atoms with E-state index in [1.807, 2.05) is 25.1 Å². The van der Waals surface area contributed by atoms with Gasteiger partial charge in [-0.05, 0) is 30.7 Å². The minimum Gasteiger partial charge on any atom is -0.484 e. The molecule has 0 aliphatic carbocycles. The number of alkyl halides is 3. The van der Waals surface area contributed by atoms with E-state index in [0.29, 0.717) is 11.3 Å². The smallest absolute Gasteiger partial charge is 0.422 e. The predicted molar refractivity (Wildman–Crippen MR) is 91.3 cm³/mol. The lowest BCUT2D eigenvalue weighted by Crippen LogP contribution is -2.19. The average Bonchev–Trinajstić information content (AvgIpc) is 2.94. The minimum atomic E-state index is -4.42. The molecule has 0 saturated heterocycles. The number of carbonyl (C=O) groups excluding carboxylic acids is 1. The first-order chi connectivity index (χ1) is 12.3. The molecule has 26 heavy (non-hydrogen) atoms. The van der Waals surface area contributed by atoms with Gasteiger partial charge in [0.15, 0.2) is 6.61 Å². The van der Waals surface area contributed by atoms with E-state index in [2.05, 4.69) is 10.1 Å². The first kappa shape index (κ1) is 17.8. The molecular weight excluding hydrogens is 347 g/mol. The number of aryl methyl sites for hydroxylation is 1. The molecule has 0 unspecified atom stereocenters. The monoisotopic (exact) mass is 363 g/mol. The highest BCUT2D eigenvalue weighted by Gasteiger charge is 2.28. The lowest BCUT2D eigenvalue weighted by molar-refractivity contribution is -0.153. The van der Waals surface area contributed by atoms with Crippen molar-refractivity contribution in [2.75, 3.05) is 11.9 Å². The summed E-state index contributed by atoms with van der Waals surface area (Å²) in [6, 6.07) is 11.5. The van der Waals surface area contributed by atoms with Crippen LogP contribution in [-0.4, -0.2) is 18.7 Å². The molecule has 1 N–H and O–H groups in total. The molecule has 0 aliphatic rings. The van der Waals surface area contributed by atoms with E-state index in [0.717, 1.165) is 16.5 Å². The van der Waals surface area contributed by atoms with Gasteiger partial charge in [-0.15, -0.1) is 0 Å². The second-order valence-corrected chi connectivity index (χ2v) is 5.92. The van der Waals surface area contributed by atoms with Crippen LogP contribution in [0.1, 0.15) is 11.1 Å². The van der Waals surface area contributed by atoms with Crippen molar-refractivity contribution in [3.63, 3.8) is 0 Å². The zero-order valence-corrected chi connectivity index (χ0v) is 13.9. The fourth-order valence-electron chi connectivity index (χ4n) is 2.53. The third kappa shape index (κ3) is 4.56. The van der Waals surface area contributed by atoms with Crippen LogP contribution in [0.25, 0.3) is 11.0 Å². The summed E-state index contributed by atoms with van der Waals surface area (Å²) < 4.78 is 46.8. The van der Waals surface area contributed by atoms with Crippen molar-refractivity contribution in [1.82, 2.24) is 0 Å². The number of halogens is 3. The Hall–Kier alpha value is -2.96. The zero-order chi connectivity index (χ0) is 18.7. The highest BCUT2D eigenvalue weighted by molar-refractivity contribution is 5.95. The molecule has 0 fully saturated rings. The predicted octanol–water partition coefficient (Wildman–Crippen LogP) is 4.86. The quantitative estimate of drug-likeness (QED) is 0.704. The molecule has 0 atom stereocenters. The number of benzene rings is 2. The molecule has 136 valence electrons. The summed E-state index contributed by atoms with van der Waals surface area (Å²) in [5.41, 5.74) is 2.86. The average molecular weight is 363 g/mol. The van der Waals surface area contributed by atoms with Crippen LogP contribution in [0.3, 0.4) is 0 Å². The van der Waals surface area contributed by atoms with Gasteiger partial charge in [0.1, 0.15) is 11.3 Å². The number of anilines is 1. The van der Waals surface area contributed by atoms with E-state index >= 15 is 0 Å². The minimum absolute atomic E-state index is 0.0318. The Morgan fingerprint density at radius 3 is 2.77 bits per heavy atom. The number of rotatable bonds is 5. The fraction of sp³-hybridized carbons (Fsp3) is 0.211. The van der Waals surface area contributed by atoms with Gasteiger partial charge in [0.25, 0.3) is 0 Å². The van der Waals surface area contributed by atoms with Gasteiger partial charge in [-0.3, -0.25) is 4.79 Å². The number of furan rings is 1. The summed E-state index contributed by atoms with van der Waals surface area (Å²) in [5.74, 6) is -0.273. The molecule has 0 bridgehead atoms. The van der Waals surface area contributed by atoms with Crippen molar-refractivity contribution in [3.05, 3.63) is 59.9 Å². The largest absolute Gasteiger partial charge is 0.484 e. The number of amides is 1. The Bertz CT molecular complexity index is 931. The summed E-state index contributed by atoms with van der Waals surface area (Å²) >= 11 is 0. The van der Waals surface area contributed by atoms with Crippen LogP contribution >= 0.6 is 0 Å². The topological polar surface area (TPSA) is 51.5 Å². The maximum atomic E-state index is 12.2. The summed E-state index contributed by atoms with van der Waals surface area (Å²) in [7, 11) is 0. The van der Waals surface area contributed by atoms with Crippen LogP contribution in [0.15, 0.2) is 53.1 Å². The summed E-state index contributed by atoms with van der Waals surface area (Å²) in [4.78, 5) is 12.2. The van der Waals surface area contributed by atoms with Gasteiger partial charge in [0.2, 0.25) is 5.91 Å². The van der Waals surface area contributed by atoms with E-state index in [1.54, 1.807) is 6.07 Å². The molecule has 4 nitrogen and oxygen atoms in total. The van der Waals surface area contributed by atoms with Crippen molar-refractivity contribution in [3.8, 4) is 5.75 Å². The molecule has 3 aromatic rings. The van der Waals surface area contributed by atoms with Crippen LogP contribution < -0.4 is 10.1 Å². The lowest BCUT2D eigenvalue weighted by Gasteiger charge is -2.10. The Labute approximate surface area is 147 Å². The molecule has 1 aromatic heterocycles. The number of nitrogens with one attached hydrogen (secondary N) is 1. The molecule has 0 radical (unpaired) electrons. The second-order valence-electron chi connectivity index (χ2n) is 5.92. The zero-order valence-electron chi connectivity index (χ0n) is 13.9. The Balaban J connectivity index is 1.66. The van der Waals surface area contributed by atoms with Gasteiger partial charge in [-0.25, -0.2) is 0 Å². The first-order valence-corrected chi connectivity index (χ1v) is 7.86. The third-order valence-corrected chi connectivity index (χ3v) is 3.68. The second kappa shape index (κ2) is 7.11. The van der Waals surface area contributed by atoms with Gasteiger partial charge in [-0.1, -0.05) is 18.2 Å². The fourth-order valence-corrected chi connectivity index (χ4v) is 2.53. The van der Waals surface area contributed by atoms with E-state index in [4.69, 9.17) is 4.42 Å². The summed E-state index contributed by atoms with van der Waals surface area (Å²) in [6.45, 7) is 0.563. The molecule has 3 rings (SSSR count). The van der Waals surface area contributed by atoms with Crippen molar-refractivity contribution in [1.29, 1.82) is 0 Å². The summed E-state index contributed by atoms with van der Waals surface area (Å²) in [5, 5.41) is 3.51. The van der Waals surface area contributed by atoms with Gasteiger partial charge in [0.05, 0.1) is 12.7 Å². The van der Waals surface area contributed by atoms with Crippen LogP contribution in [0.2, 0.25) is 0 Å². The van der Waals surface area contributed by atoms with Gasteiger partial charge in [-0.2, -0.15) is 13.2 Å². The maximum Gasteiger partial charge on any atom is 0.422 e. The number of ether oxygens (including phenoxy) is 1. The molecule has 0 spiro atoms. The lowest BCUT2D eigenvalue weighted by atomic mass is 10.1. The number of carbonyl (C=O) groups is 1. The molecule has 1 heterocycles. The van der Waals surface area contributed by atoms with E-state index in [1.165, 1.54) is 24.5 Å². The first-order valence-electron chi connectivity index (χ1n) is 7.86. The van der Waals surface area contributed by atoms with Crippen molar-refractivity contribution in [2.45, 2.75) is 19.5 Å². The molecule has 0 saturated carbocycles. The SMILES string of the molecule is Cc1ccc2c(CC(=O)Nc3cccc(OCC(F)(F)F)c3)coc2c1. The molecule has 7 heteroatoms. The normalized spacial score (nSPS) is 11.5. The van der Waals surface area contributed by atoms with Crippen molar-refractivity contribution >= 4 is 22.6 Å². The van der Waals surface area contributed by atoms with Gasteiger partial charge >= 0.3 is 6.18 Å². The third-order valence-electron chi connectivity index (χ3n) is 3.68. The van der Waals surface area contributed by atoms with E-state index in [9.17, 15) is 18.0 Å². The number of fused-ring (bicyclic) bond motifs is 1. The van der Waals surface area contributed by atoms with Crippen molar-refractivity contribution in [2.24, 2.45) is 0 Å².